The summed E-state index contributed by atoms with van der Waals surface area (Å²) in [5.41, 5.74) is 3.02. The highest BCUT2D eigenvalue weighted by molar-refractivity contribution is 8.01. The molecule has 0 aliphatic rings. The molecule has 3 aromatic rings. The van der Waals surface area contributed by atoms with E-state index in [1.165, 1.54) is 11.8 Å². The molecule has 0 saturated heterocycles. The Morgan fingerprint density at radius 3 is 2.62 bits per heavy atom. The summed E-state index contributed by atoms with van der Waals surface area (Å²) >= 11 is 8.89. The number of rotatable bonds is 6. The van der Waals surface area contributed by atoms with E-state index < -0.39 is 0 Å². The first-order valence-electron chi connectivity index (χ1n) is 7.35. The zero-order valence-electron chi connectivity index (χ0n) is 12.7. The monoisotopic (exact) mass is 374 g/mol. The molecule has 3 rings (SSSR count). The third-order valence-corrected chi connectivity index (χ3v) is 5.56. The van der Waals surface area contributed by atoms with Gasteiger partial charge in [0.1, 0.15) is 0 Å². The number of thiazole rings is 1. The molecule has 0 saturated carbocycles. The van der Waals surface area contributed by atoms with E-state index in [4.69, 9.17) is 11.6 Å². The second-order valence-corrected chi connectivity index (χ2v) is 7.57. The molecular formula is C18H15ClN2OS2. The number of nitrogens with one attached hydrogen (secondary N) is 1. The number of hydrogen-bond donors (Lipinski definition) is 1. The van der Waals surface area contributed by atoms with E-state index in [0.29, 0.717) is 17.3 Å². The first-order chi connectivity index (χ1) is 11.7. The van der Waals surface area contributed by atoms with Crippen LogP contribution in [0.2, 0.25) is 5.02 Å². The molecule has 24 heavy (non-hydrogen) atoms. The van der Waals surface area contributed by atoms with Crippen molar-refractivity contribution >= 4 is 40.6 Å². The maximum Gasteiger partial charge on any atom is 0.230 e. The van der Waals surface area contributed by atoms with E-state index >= 15 is 0 Å². The lowest BCUT2D eigenvalue weighted by Crippen LogP contribution is -2.24. The molecule has 0 spiro atoms. The number of thioether (sulfide) groups is 1. The number of aromatic nitrogens is 1. The molecule has 0 radical (unpaired) electrons. The van der Waals surface area contributed by atoms with Gasteiger partial charge in [-0.1, -0.05) is 65.8 Å². The highest BCUT2D eigenvalue weighted by Gasteiger charge is 2.08. The van der Waals surface area contributed by atoms with Crippen LogP contribution in [-0.4, -0.2) is 16.6 Å². The van der Waals surface area contributed by atoms with Crippen molar-refractivity contribution in [3.63, 3.8) is 0 Å². The molecule has 2 aromatic carbocycles. The van der Waals surface area contributed by atoms with Crippen LogP contribution in [0, 0.1) is 0 Å². The predicted molar refractivity (Wildman–Crippen MR) is 102 cm³/mol. The lowest BCUT2D eigenvalue weighted by Gasteiger charge is -2.04. The van der Waals surface area contributed by atoms with Gasteiger partial charge in [0.25, 0.3) is 0 Å². The zero-order chi connectivity index (χ0) is 16.8. The van der Waals surface area contributed by atoms with Gasteiger partial charge < -0.3 is 5.32 Å². The maximum absolute atomic E-state index is 11.9. The van der Waals surface area contributed by atoms with Gasteiger partial charge in [-0.3, -0.25) is 4.79 Å². The van der Waals surface area contributed by atoms with E-state index in [9.17, 15) is 4.79 Å². The van der Waals surface area contributed by atoms with Crippen LogP contribution in [0.5, 0.6) is 0 Å². The Labute approximate surface area is 154 Å². The van der Waals surface area contributed by atoms with Crippen LogP contribution in [0.1, 0.15) is 5.56 Å². The van der Waals surface area contributed by atoms with Crippen molar-refractivity contribution in [3.8, 4) is 11.3 Å². The van der Waals surface area contributed by atoms with Gasteiger partial charge in [-0.25, -0.2) is 4.98 Å². The average Bonchev–Trinajstić information content (AvgIpc) is 3.09. The summed E-state index contributed by atoms with van der Waals surface area (Å²) < 4.78 is 0.884. The third-order valence-electron chi connectivity index (χ3n) is 3.28. The van der Waals surface area contributed by atoms with Crippen molar-refractivity contribution in [2.75, 3.05) is 5.75 Å². The Balaban J connectivity index is 1.50. The molecule has 0 aliphatic heterocycles. The van der Waals surface area contributed by atoms with Crippen molar-refractivity contribution in [1.82, 2.24) is 10.3 Å². The number of benzene rings is 2. The fourth-order valence-corrected chi connectivity index (χ4v) is 3.84. The van der Waals surface area contributed by atoms with E-state index in [1.807, 2.05) is 60.0 Å². The first-order valence-corrected chi connectivity index (χ1v) is 9.60. The summed E-state index contributed by atoms with van der Waals surface area (Å²) in [6, 6.07) is 17.5. The van der Waals surface area contributed by atoms with Gasteiger partial charge in [-0.05, 0) is 17.7 Å². The largest absolute Gasteiger partial charge is 0.351 e. The van der Waals surface area contributed by atoms with Crippen LogP contribution in [0.25, 0.3) is 11.3 Å². The summed E-state index contributed by atoms with van der Waals surface area (Å²) in [5.74, 6) is 0.368. The summed E-state index contributed by atoms with van der Waals surface area (Å²) in [6.45, 7) is 0.550. The fraction of sp³-hybridized carbons (Fsp3) is 0.111. The molecule has 122 valence electrons. The van der Waals surface area contributed by atoms with Gasteiger partial charge in [0.2, 0.25) is 5.91 Å². The van der Waals surface area contributed by atoms with Gasteiger partial charge in [0.05, 0.1) is 11.4 Å². The van der Waals surface area contributed by atoms with Crippen LogP contribution < -0.4 is 5.32 Å². The summed E-state index contributed by atoms with van der Waals surface area (Å²) in [4.78, 5) is 16.5. The van der Waals surface area contributed by atoms with Gasteiger partial charge in [0, 0.05) is 22.5 Å². The second kappa shape index (κ2) is 8.33. The standard InChI is InChI=1S/C18H15ClN2OS2/c19-15-8-6-14(7-9-15)16-11-23-18(21-16)24-12-17(22)20-10-13-4-2-1-3-5-13/h1-9,11H,10,12H2,(H,20,22). The Morgan fingerprint density at radius 1 is 1.12 bits per heavy atom. The molecule has 1 N–H and O–H groups in total. The van der Waals surface area contributed by atoms with Crippen LogP contribution >= 0.6 is 34.7 Å². The minimum atomic E-state index is 0.00657. The molecule has 1 heterocycles. The van der Waals surface area contributed by atoms with Crippen LogP contribution in [0.3, 0.4) is 0 Å². The summed E-state index contributed by atoms with van der Waals surface area (Å²) in [6.07, 6.45) is 0. The molecular weight excluding hydrogens is 360 g/mol. The van der Waals surface area contributed by atoms with Gasteiger partial charge in [-0.2, -0.15) is 0 Å². The highest BCUT2D eigenvalue weighted by atomic mass is 35.5. The van der Waals surface area contributed by atoms with Crippen molar-refractivity contribution in [3.05, 3.63) is 70.6 Å². The average molecular weight is 375 g/mol. The zero-order valence-corrected chi connectivity index (χ0v) is 15.1. The number of carbonyl (C=O) groups is 1. The van der Waals surface area contributed by atoms with Crippen LogP contribution in [-0.2, 0) is 11.3 Å². The lowest BCUT2D eigenvalue weighted by atomic mass is 10.2. The van der Waals surface area contributed by atoms with E-state index in [0.717, 1.165) is 21.2 Å². The molecule has 1 aromatic heterocycles. The van der Waals surface area contributed by atoms with Crippen molar-refractivity contribution < 1.29 is 4.79 Å². The quantitative estimate of drug-likeness (QED) is 0.626. The summed E-state index contributed by atoms with van der Waals surface area (Å²) in [5, 5.41) is 5.62. The predicted octanol–water partition coefficient (Wildman–Crippen LogP) is 4.87. The number of amides is 1. The minimum absolute atomic E-state index is 0.00657. The van der Waals surface area contributed by atoms with Crippen LogP contribution in [0.4, 0.5) is 0 Å². The molecule has 0 bridgehead atoms. The van der Waals surface area contributed by atoms with Crippen LogP contribution in [0.15, 0.2) is 64.3 Å². The minimum Gasteiger partial charge on any atom is -0.351 e. The molecule has 6 heteroatoms. The fourth-order valence-electron chi connectivity index (χ4n) is 2.05. The van der Waals surface area contributed by atoms with Crippen molar-refractivity contribution in [2.24, 2.45) is 0 Å². The Bertz CT molecular complexity index is 803. The molecule has 0 fully saturated rings. The van der Waals surface area contributed by atoms with Gasteiger partial charge in [-0.15, -0.1) is 11.3 Å². The Hall–Kier alpha value is -1.82. The second-order valence-electron chi connectivity index (χ2n) is 5.06. The van der Waals surface area contributed by atoms with Crippen molar-refractivity contribution in [1.29, 1.82) is 0 Å². The number of hydrogen-bond acceptors (Lipinski definition) is 4. The molecule has 0 unspecified atom stereocenters. The smallest absolute Gasteiger partial charge is 0.230 e. The Kier molecular flexibility index (Phi) is 5.91. The van der Waals surface area contributed by atoms with E-state index in [1.54, 1.807) is 11.3 Å². The number of halogens is 1. The molecule has 1 amide bonds. The summed E-state index contributed by atoms with van der Waals surface area (Å²) in [7, 11) is 0. The molecule has 0 atom stereocenters. The first kappa shape index (κ1) is 17.0. The maximum atomic E-state index is 11.9. The number of carbonyl (C=O) groups excluding carboxylic acids is 1. The van der Waals surface area contributed by atoms with E-state index in [2.05, 4.69) is 10.3 Å². The highest BCUT2D eigenvalue weighted by Crippen LogP contribution is 2.28. The van der Waals surface area contributed by atoms with Gasteiger partial charge in [0.15, 0.2) is 4.34 Å². The molecule has 0 aliphatic carbocycles. The normalized spacial score (nSPS) is 10.5. The molecule has 3 nitrogen and oxygen atoms in total. The Morgan fingerprint density at radius 2 is 1.88 bits per heavy atom. The van der Waals surface area contributed by atoms with E-state index in [-0.39, 0.29) is 5.91 Å². The lowest BCUT2D eigenvalue weighted by molar-refractivity contribution is -0.118. The number of nitrogens with zero attached hydrogens (tertiary/aromatic N) is 1. The van der Waals surface area contributed by atoms with Gasteiger partial charge >= 0.3 is 0 Å². The SMILES string of the molecule is O=C(CSc1nc(-c2ccc(Cl)cc2)cs1)NCc1ccccc1. The topological polar surface area (TPSA) is 42.0 Å². The third kappa shape index (κ3) is 4.84. The van der Waals surface area contributed by atoms with Crippen molar-refractivity contribution in [2.45, 2.75) is 10.9 Å².